The van der Waals surface area contributed by atoms with Gasteiger partial charge in [0.2, 0.25) is 0 Å². The Bertz CT molecular complexity index is 59.1. The lowest BCUT2D eigenvalue weighted by Gasteiger charge is -2.01. The van der Waals surface area contributed by atoms with Crippen molar-refractivity contribution in [2.75, 3.05) is 7.05 Å². The zero-order valence-electron chi connectivity index (χ0n) is 4.82. The molecule has 1 fully saturated rings. The third-order valence-corrected chi connectivity index (χ3v) is 1.60. The first-order chi connectivity index (χ1) is 2.77. The van der Waals surface area contributed by atoms with Crippen LogP contribution in [0.15, 0.2) is 0 Å². The van der Waals surface area contributed by atoms with Gasteiger partial charge in [-0.2, -0.15) is 0 Å². The Morgan fingerprint density at radius 3 is 1.86 bits per heavy atom. The molecule has 1 aliphatic rings. The van der Waals surface area contributed by atoms with Gasteiger partial charge in [-0.25, -0.2) is 0 Å². The van der Waals surface area contributed by atoms with E-state index in [1.54, 1.807) is 0 Å². The highest BCUT2D eigenvalue weighted by Gasteiger charge is 2.34. The van der Waals surface area contributed by atoms with Gasteiger partial charge in [0, 0.05) is 5.54 Å². The van der Waals surface area contributed by atoms with E-state index in [4.69, 9.17) is 0 Å². The van der Waals surface area contributed by atoms with Crippen molar-refractivity contribution in [3.63, 3.8) is 0 Å². The molecule has 1 N–H and O–H groups in total. The largest absolute Gasteiger partial charge is 0.315 e. The molecule has 1 aliphatic carbocycles. The van der Waals surface area contributed by atoms with Crippen LogP contribution in [0.2, 0.25) is 0 Å². The molecule has 0 aromatic rings. The summed E-state index contributed by atoms with van der Waals surface area (Å²) in [4.78, 5) is 0. The van der Waals surface area contributed by atoms with Gasteiger partial charge in [0.25, 0.3) is 0 Å². The number of nitrogens with one attached hydrogen (secondary N) is 1. The van der Waals surface area contributed by atoms with Crippen molar-refractivity contribution in [3.8, 4) is 0 Å². The lowest BCUT2D eigenvalue weighted by atomic mass is 10.3. The first-order valence-electron chi connectivity index (χ1n) is 2.46. The minimum Gasteiger partial charge on any atom is -0.315 e. The van der Waals surface area contributed by atoms with Crippen LogP contribution in [0.1, 0.15) is 19.8 Å². The predicted molar refractivity (Wildman–Crippen MR) is 33.9 cm³/mol. The van der Waals surface area contributed by atoms with Crippen molar-refractivity contribution in [1.82, 2.24) is 5.32 Å². The lowest BCUT2D eigenvalue weighted by molar-refractivity contribution is 0.607. The summed E-state index contributed by atoms with van der Waals surface area (Å²) >= 11 is 0. The molecule has 0 aromatic carbocycles. The first kappa shape index (κ1) is 7.25. The van der Waals surface area contributed by atoms with E-state index in [9.17, 15) is 0 Å². The molecule has 0 radical (unpaired) electrons. The van der Waals surface area contributed by atoms with Crippen molar-refractivity contribution < 1.29 is 0 Å². The van der Waals surface area contributed by atoms with Crippen LogP contribution in [0.4, 0.5) is 0 Å². The number of halogens is 1. The molecule has 0 atom stereocenters. The standard InChI is InChI=1S/C5H11N.ClH/c1-5(6-2)3-4-5;/h6H,3-4H2,1-2H3;1H. The second-order valence-corrected chi connectivity index (χ2v) is 2.31. The molecule has 0 unspecified atom stereocenters. The van der Waals surface area contributed by atoms with Crippen molar-refractivity contribution >= 4 is 12.4 Å². The highest BCUT2D eigenvalue weighted by atomic mass is 35.5. The molecular formula is C5H12ClN. The average molecular weight is 122 g/mol. The van der Waals surface area contributed by atoms with E-state index in [-0.39, 0.29) is 12.4 Å². The van der Waals surface area contributed by atoms with E-state index in [2.05, 4.69) is 12.2 Å². The molecule has 44 valence electrons. The SMILES string of the molecule is CNC1(C)CC1.Cl. The van der Waals surface area contributed by atoms with Gasteiger partial charge in [0.1, 0.15) is 0 Å². The third kappa shape index (κ3) is 1.66. The Kier molecular flexibility index (Phi) is 2.09. The third-order valence-electron chi connectivity index (χ3n) is 1.60. The zero-order valence-corrected chi connectivity index (χ0v) is 5.64. The maximum Gasteiger partial charge on any atom is 0.0151 e. The van der Waals surface area contributed by atoms with E-state index in [0.717, 1.165) is 0 Å². The van der Waals surface area contributed by atoms with Crippen LogP contribution >= 0.6 is 12.4 Å². The summed E-state index contributed by atoms with van der Waals surface area (Å²) in [7, 11) is 2.02. The number of hydrogen-bond donors (Lipinski definition) is 1. The molecule has 1 nitrogen and oxygen atoms in total. The first-order valence-corrected chi connectivity index (χ1v) is 2.46. The summed E-state index contributed by atoms with van der Waals surface area (Å²) < 4.78 is 0. The van der Waals surface area contributed by atoms with Gasteiger partial charge in [0.05, 0.1) is 0 Å². The van der Waals surface area contributed by atoms with Gasteiger partial charge in [-0.15, -0.1) is 12.4 Å². The summed E-state index contributed by atoms with van der Waals surface area (Å²) in [6.45, 7) is 2.24. The van der Waals surface area contributed by atoms with E-state index in [0.29, 0.717) is 5.54 Å². The smallest absolute Gasteiger partial charge is 0.0151 e. The molecule has 2 heteroatoms. The van der Waals surface area contributed by atoms with Gasteiger partial charge >= 0.3 is 0 Å². The normalized spacial score (nSPS) is 23.1. The maximum atomic E-state index is 3.22. The molecule has 7 heavy (non-hydrogen) atoms. The molecule has 0 spiro atoms. The second kappa shape index (κ2) is 2.01. The van der Waals surface area contributed by atoms with Gasteiger partial charge < -0.3 is 5.32 Å². The monoisotopic (exact) mass is 121 g/mol. The molecule has 0 amide bonds. The van der Waals surface area contributed by atoms with E-state index < -0.39 is 0 Å². The molecule has 0 aliphatic heterocycles. The molecule has 0 saturated heterocycles. The minimum absolute atomic E-state index is 0. The fraction of sp³-hybridized carbons (Fsp3) is 1.00. The number of hydrogen-bond acceptors (Lipinski definition) is 1. The van der Waals surface area contributed by atoms with Crippen molar-refractivity contribution in [2.24, 2.45) is 0 Å². The lowest BCUT2D eigenvalue weighted by Crippen LogP contribution is -2.21. The minimum atomic E-state index is 0. The summed E-state index contributed by atoms with van der Waals surface area (Å²) in [5.41, 5.74) is 0.542. The maximum absolute atomic E-state index is 3.22. The van der Waals surface area contributed by atoms with Crippen LogP contribution in [0, 0.1) is 0 Å². The zero-order chi connectivity index (χ0) is 4.62. The summed E-state index contributed by atoms with van der Waals surface area (Å²) in [5, 5.41) is 3.22. The number of rotatable bonds is 1. The summed E-state index contributed by atoms with van der Waals surface area (Å²) in [6.07, 6.45) is 2.73. The van der Waals surface area contributed by atoms with E-state index in [1.165, 1.54) is 12.8 Å². The topological polar surface area (TPSA) is 12.0 Å². The predicted octanol–water partition coefficient (Wildman–Crippen LogP) is 1.18. The van der Waals surface area contributed by atoms with Crippen LogP contribution in [0.5, 0.6) is 0 Å². The Morgan fingerprint density at radius 1 is 1.43 bits per heavy atom. The highest BCUT2D eigenvalue weighted by molar-refractivity contribution is 5.85. The molecular weight excluding hydrogens is 110 g/mol. The van der Waals surface area contributed by atoms with Crippen LogP contribution in [-0.4, -0.2) is 12.6 Å². The van der Waals surface area contributed by atoms with Gasteiger partial charge in [0.15, 0.2) is 0 Å². The van der Waals surface area contributed by atoms with Gasteiger partial charge in [-0.05, 0) is 26.8 Å². The molecule has 1 rings (SSSR count). The van der Waals surface area contributed by atoms with Crippen LogP contribution in [0.25, 0.3) is 0 Å². The summed E-state index contributed by atoms with van der Waals surface area (Å²) in [5.74, 6) is 0. The van der Waals surface area contributed by atoms with Crippen molar-refractivity contribution in [2.45, 2.75) is 25.3 Å². The van der Waals surface area contributed by atoms with E-state index >= 15 is 0 Å². The van der Waals surface area contributed by atoms with Gasteiger partial charge in [-0.1, -0.05) is 0 Å². The fourth-order valence-corrected chi connectivity index (χ4v) is 0.437. The highest BCUT2D eigenvalue weighted by Crippen LogP contribution is 2.33. The average Bonchev–Trinajstić information content (AvgIpc) is 2.22. The fourth-order valence-electron chi connectivity index (χ4n) is 0.437. The van der Waals surface area contributed by atoms with Crippen LogP contribution in [0.3, 0.4) is 0 Å². The van der Waals surface area contributed by atoms with Gasteiger partial charge in [-0.3, -0.25) is 0 Å². The van der Waals surface area contributed by atoms with Crippen LogP contribution < -0.4 is 5.32 Å². The molecule has 1 saturated carbocycles. The quantitative estimate of drug-likeness (QED) is 0.550. The second-order valence-electron chi connectivity index (χ2n) is 2.31. The van der Waals surface area contributed by atoms with E-state index in [1.807, 2.05) is 7.05 Å². The summed E-state index contributed by atoms with van der Waals surface area (Å²) in [6, 6.07) is 0. The van der Waals surface area contributed by atoms with Crippen molar-refractivity contribution in [1.29, 1.82) is 0 Å². The van der Waals surface area contributed by atoms with Crippen LogP contribution in [-0.2, 0) is 0 Å². The Labute approximate surface area is 50.9 Å². The molecule has 0 aromatic heterocycles. The molecule has 0 bridgehead atoms. The Morgan fingerprint density at radius 2 is 1.86 bits per heavy atom. The van der Waals surface area contributed by atoms with Crippen molar-refractivity contribution in [3.05, 3.63) is 0 Å². The Hall–Kier alpha value is 0.250. The molecule has 0 heterocycles. The Balaban J connectivity index is 0.000000360.